The van der Waals surface area contributed by atoms with Crippen LogP contribution < -0.4 is 5.32 Å². The highest BCUT2D eigenvalue weighted by molar-refractivity contribution is 5.76. The van der Waals surface area contributed by atoms with Gasteiger partial charge >= 0.3 is 0 Å². The van der Waals surface area contributed by atoms with Gasteiger partial charge < -0.3 is 9.88 Å². The molecule has 0 amide bonds. The van der Waals surface area contributed by atoms with Gasteiger partial charge in [-0.25, -0.2) is 9.37 Å². The van der Waals surface area contributed by atoms with Gasteiger partial charge in [0.1, 0.15) is 11.6 Å². The first kappa shape index (κ1) is 11.7. The number of rotatable bonds is 1. The summed E-state index contributed by atoms with van der Waals surface area (Å²) in [5, 5.41) is 3.54. The van der Waals surface area contributed by atoms with Crippen molar-refractivity contribution in [2.75, 3.05) is 6.54 Å². The summed E-state index contributed by atoms with van der Waals surface area (Å²) in [5.41, 5.74) is 1.75. The Morgan fingerprint density at radius 3 is 3.11 bits per heavy atom. The highest BCUT2D eigenvalue weighted by Gasteiger charge is 2.19. The minimum absolute atomic E-state index is 0.203. The first-order chi connectivity index (χ1) is 8.75. The molecule has 2 aromatic rings. The quantitative estimate of drug-likeness (QED) is 0.839. The van der Waals surface area contributed by atoms with Gasteiger partial charge in [-0.05, 0) is 37.6 Å². The fraction of sp³-hybridized carbons (Fsp3) is 0.500. The van der Waals surface area contributed by atoms with E-state index in [1.807, 2.05) is 11.6 Å². The lowest BCUT2D eigenvalue weighted by Crippen LogP contribution is -2.23. The van der Waals surface area contributed by atoms with Crippen molar-refractivity contribution < 1.29 is 4.39 Å². The summed E-state index contributed by atoms with van der Waals surface area (Å²) in [5.74, 6) is 0.823. The van der Waals surface area contributed by atoms with Gasteiger partial charge in [-0.3, -0.25) is 0 Å². The number of nitrogens with one attached hydrogen (secondary N) is 1. The number of aryl methyl sites for hydroxylation is 1. The summed E-state index contributed by atoms with van der Waals surface area (Å²) < 4.78 is 15.3. The second-order valence-corrected chi connectivity index (χ2v) is 5.02. The fourth-order valence-corrected chi connectivity index (χ4v) is 2.74. The summed E-state index contributed by atoms with van der Waals surface area (Å²) in [6.45, 7) is 1.04. The van der Waals surface area contributed by atoms with Gasteiger partial charge in [0.2, 0.25) is 0 Å². The molecule has 1 aromatic carbocycles. The second kappa shape index (κ2) is 4.69. The molecule has 1 aliphatic heterocycles. The van der Waals surface area contributed by atoms with E-state index in [2.05, 4.69) is 10.3 Å². The summed E-state index contributed by atoms with van der Waals surface area (Å²) in [7, 11) is 1.97. The van der Waals surface area contributed by atoms with Crippen molar-refractivity contribution in [2.45, 2.75) is 31.7 Å². The number of fused-ring (bicyclic) bond motifs is 1. The van der Waals surface area contributed by atoms with Crippen LogP contribution in [0.3, 0.4) is 0 Å². The molecule has 1 saturated heterocycles. The van der Waals surface area contributed by atoms with Gasteiger partial charge in [-0.1, -0.05) is 12.8 Å². The molecule has 2 heterocycles. The number of hydrogen-bond acceptors (Lipinski definition) is 2. The number of benzene rings is 1. The normalized spacial score (nSPS) is 21.1. The first-order valence-electron chi connectivity index (χ1n) is 6.61. The summed E-state index contributed by atoms with van der Waals surface area (Å²) in [6, 6.07) is 5.08. The van der Waals surface area contributed by atoms with Crippen LogP contribution in [0.2, 0.25) is 0 Å². The molecular formula is C14H18FN3. The Labute approximate surface area is 106 Å². The van der Waals surface area contributed by atoms with E-state index in [0.717, 1.165) is 29.8 Å². The van der Waals surface area contributed by atoms with Crippen molar-refractivity contribution in [3.05, 3.63) is 29.8 Å². The Hall–Kier alpha value is -1.42. The fourth-order valence-electron chi connectivity index (χ4n) is 2.74. The largest absolute Gasteiger partial charge is 0.330 e. The van der Waals surface area contributed by atoms with Gasteiger partial charge in [0.05, 0.1) is 17.1 Å². The molecule has 1 atom stereocenters. The molecule has 0 saturated carbocycles. The van der Waals surface area contributed by atoms with E-state index in [1.165, 1.54) is 25.3 Å². The van der Waals surface area contributed by atoms with Crippen molar-refractivity contribution in [3.63, 3.8) is 0 Å². The highest BCUT2D eigenvalue weighted by atomic mass is 19.1. The molecule has 1 aromatic heterocycles. The Morgan fingerprint density at radius 2 is 2.22 bits per heavy atom. The maximum Gasteiger partial charge on any atom is 0.126 e. The lowest BCUT2D eigenvalue weighted by atomic mass is 10.1. The highest BCUT2D eigenvalue weighted by Crippen LogP contribution is 2.25. The molecule has 96 valence electrons. The Kier molecular flexibility index (Phi) is 3.04. The minimum Gasteiger partial charge on any atom is -0.330 e. The Balaban J connectivity index is 2.03. The third kappa shape index (κ3) is 2.01. The van der Waals surface area contributed by atoms with Gasteiger partial charge in [0, 0.05) is 7.05 Å². The summed E-state index contributed by atoms with van der Waals surface area (Å²) in [4.78, 5) is 4.65. The average Bonchev–Trinajstić information content (AvgIpc) is 2.59. The second-order valence-electron chi connectivity index (χ2n) is 5.02. The number of aromatic nitrogens is 2. The van der Waals surface area contributed by atoms with Crippen LogP contribution in [-0.2, 0) is 7.05 Å². The van der Waals surface area contributed by atoms with Crippen molar-refractivity contribution in [2.24, 2.45) is 7.05 Å². The Bertz CT molecular complexity index is 553. The van der Waals surface area contributed by atoms with Crippen molar-refractivity contribution in [1.82, 2.24) is 14.9 Å². The third-order valence-corrected chi connectivity index (χ3v) is 3.75. The standard InChI is InChI=1S/C14H18FN3/c1-18-13-9-10(15)6-7-11(13)17-14(18)12-5-3-2-4-8-16-12/h6-7,9,12,16H,2-5,8H2,1H3. The summed E-state index contributed by atoms with van der Waals surface area (Å²) in [6.07, 6.45) is 4.85. The van der Waals surface area contributed by atoms with E-state index in [4.69, 9.17) is 0 Å². The zero-order chi connectivity index (χ0) is 12.5. The molecule has 0 aliphatic carbocycles. The molecule has 1 aliphatic rings. The molecule has 0 radical (unpaired) electrons. The molecule has 1 N–H and O–H groups in total. The number of halogens is 1. The van der Waals surface area contributed by atoms with Crippen LogP contribution in [0.5, 0.6) is 0 Å². The lowest BCUT2D eigenvalue weighted by Gasteiger charge is -2.15. The van der Waals surface area contributed by atoms with E-state index in [1.54, 1.807) is 12.1 Å². The van der Waals surface area contributed by atoms with Gasteiger partial charge in [-0.2, -0.15) is 0 Å². The van der Waals surface area contributed by atoms with Crippen molar-refractivity contribution >= 4 is 11.0 Å². The van der Waals surface area contributed by atoms with Crippen LogP contribution >= 0.6 is 0 Å². The molecule has 3 rings (SSSR count). The van der Waals surface area contributed by atoms with Crippen LogP contribution in [0.15, 0.2) is 18.2 Å². The van der Waals surface area contributed by atoms with E-state index in [-0.39, 0.29) is 5.82 Å². The van der Waals surface area contributed by atoms with Crippen LogP contribution in [0.25, 0.3) is 11.0 Å². The number of hydrogen-bond donors (Lipinski definition) is 1. The maximum absolute atomic E-state index is 13.3. The average molecular weight is 247 g/mol. The molecule has 4 heteroatoms. The molecule has 0 spiro atoms. The van der Waals surface area contributed by atoms with Gasteiger partial charge in [-0.15, -0.1) is 0 Å². The number of nitrogens with zero attached hydrogens (tertiary/aromatic N) is 2. The smallest absolute Gasteiger partial charge is 0.126 e. The maximum atomic E-state index is 13.3. The Morgan fingerprint density at radius 1 is 1.33 bits per heavy atom. The number of imidazole rings is 1. The molecular weight excluding hydrogens is 229 g/mol. The van der Waals surface area contributed by atoms with Crippen LogP contribution in [0.4, 0.5) is 4.39 Å². The van der Waals surface area contributed by atoms with Crippen LogP contribution in [0, 0.1) is 5.82 Å². The zero-order valence-electron chi connectivity index (χ0n) is 10.6. The van der Waals surface area contributed by atoms with Crippen molar-refractivity contribution in [1.29, 1.82) is 0 Å². The summed E-state index contributed by atoms with van der Waals surface area (Å²) >= 11 is 0. The molecule has 0 bridgehead atoms. The third-order valence-electron chi connectivity index (χ3n) is 3.75. The van der Waals surface area contributed by atoms with E-state index in [0.29, 0.717) is 6.04 Å². The first-order valence-corrected chi connectivity index (χ1v) is 6.61. The van der Waals surface area contributed by atoms with Gasteiger partial charge in [0.25, 0.3) is 0 Å². The van der Waals surface area contributed by atoms with E-state index >= 15 is 0 Å². The van der Waals surface area contributed by atoms with Gasteiger partial charge in [0.15, 0.2) is 0 Å². The van der Waals surface area contributed by atoms with Crippen LogP contribution in [0.1, 0.15) is 37.5 Å². The predicted octanol–water partition coefficient (Wildman–Crippen LogP) is 2.92. The lowest BCUT2D eigenvalue weighted by molar-refractivity contribution is 0.496. The predicted molar refractivity (Wildman–Crippen MR) is 69.9 cm³/mol. The minimum atomic E-state index is -0.203. The van der Waals surface area contributed by atoms with E-state index in [9.17, 15) is 4.39 Å². The van der Waals surface area contributed by atoms with Crippen LogP contribution in [-0.4, -0.2) is 16.1 Å². The topological polar surface area (TPSA) is 29.9 Å². The van der Waals surface area contributed by atoms with E-state index < -0.39 is 0 Å². The molecule has 1 unspecified atom stereocenters. The molecule has 1 fully saturated rings. The van der Waals surface area contributed by atoms with Crippen molar-refractivity contribution in [3.8, 4) is 0 Å². The molecule has 3 nitrogen and oxygen atoms in total. The molecule has 18 heavy (non-hydrogen) atoms. The SMILES string of the molecule is Cn1c(C2CCCCCN2)nc2ccc(F)cc21. The zero-order valence-corrected chi connectivity index (χ0v) is 10.6. The monoisotopic (exact) mass is 247 g/mol.